The molecule has 0 heterocycles. The summed E-state index contributed by atoms with van der Waals surface area (Å²) >= 11 is 0. The van der Waals surface area contributed by atoms with Gasteiger partial charge in [-0.15, -0.1) is 0 Å². The van der Waals surface area contributed by atoms with E-state index in [4.69, 9.17) is 4.62 Å². The normalized spacial score (nSPS) is 14.0. The van der Waals surface area contributed by atoms with Crippen LogP contribution in [0.5, 0.6) is 0 Å². The van der Waals surface area contributed by atoms with Crippen LogP contribution in [0.25, 0.3) is 0 Å². The van der Waals surface area contributed by atoms with E-state index in [-0.39, 0.29) is 0 Å². The fourth-order valence-electron chi connectivity index (χ4n) is 2.47. The number of hydrogen-bond acceptors (Lipinski definition) is 3. The summed E-state index contributed by atoms with van der Waals surface area (Å²) in [6.45, 7) is 5.81. The molecule has 0 aromatic rings. The second-order valence-electron chi connectivity index (χ2n) is 4.95. The Morgan fingerprint density at radius 3 is 1.65 bits per heavy atom. The van der Waals surface area contributed by atoms with Crippen molar-refractivity contribution in [2.75, 3.05) is 24.6 Å². The molecule has 0 aliphatic heterocycles. The maximum absolute atomic E-state index is 10.9. The Morgan fingerprint density at radius 1 is 1.00 bits per heavy atom. The molecule has 0 spiro atoms. The summed E-state index contributed by atoms with van der Waals surface area (Å²) < 4.78 is 5.38. The molecule has 0 rings (SSSR count). The van der Waals surface area contributed by atoms with Crippen molar-refractivity contribution in [3.8, 4) is 0 Å². The van der Waals surface area contributed by atoms with Crippen LogP contribution in [-0.2, 0) is 4.62 Å². The molecule has 0 saturated carbocycles. The Bertz CT molecular complexity index is 230. The molecule has 0 unspecified atom stereocenters. The summed E-state index contributed by atoms with van der Waals surface area (Å²) in [5.74, 6) is 0. The molecule has 0 amide bonds. The Morgan fingerprint density at radius 2 is 1.41 bits per heavy atom. The molecule has 0 aliphatic carbocycles. The van der Waals surface area contributed by atoms with Crippen molar-refractivity contribution in [2.45, 2.75) is 53.4 Å². The third-order valence-electron chi connectivity index (χ3n) is 4.05. The summed E-state index contributed by atoms with van der Waals surface area (Å²) in [6, 6.07) is 0. The molecule has 0 fully saturated rings. The van der Waals surface area contributed by atoms with Crippen molar-refractivity contribution < 1.29 is 9.71 Å². The van der Waals surface area contributed by atoms with Crippen molar-refractivity contribution in [3.05, 3.63) is 10.1 Å². The van der Waals surface area contributed by atoms with Gasteiger partial charge in [0.2, 0.25) is 0 Å². The van der Waals surface area contributed by atoms with E-state index in [1.54, 1.807) is 0 Å². The number of hydrogen-bond donors (Lipinski definition) is 0. The zero-order valence-electron chi connectivity index (χ0n) is 11.8. The molecule has 0 saturated heterocycles. The third-order valence-corrected chi connectivity index (χ3v) is 10.7. The molecule has 0 aromatic carbocycles. The van der Waals surface area contributed by atoms with E-state index in [9.17, 15) is 10.1 Å². The SMILES string of the molecule is CCCCP(CC)(CC)(CCCC)O[N+](=O)[O-]. The molecular weight excluding hydrogens is 237 g/mol. The van der Waals surface area contributed by atoms with Crippen LogP contribution in [0.1, 0.15) is 53.4 Å². The third kappa shape index (κ3) is 4.42. The molecule has 0 bridgehead atoms. The van der Waals surface area contributed by atoms with E-state index in [1.807, 2.05) is 0 Å². The van der Waals surface area contributed by atoms with Gasteiger partial charge >= 0.3 is 105 Å². The minimum absolute atomic E-state index is 0.532. The van der Waals surface area contributed by atoms with Crippen LogP contribution < -0.4 is 0 Å². The first-order valence-corrected chi connectivity index (χ1v) is 9.72. The van der Waals surface area contributed by atoms with Crippen LogP contribution >= 0.6 is 6.83 Å². The average molecular weight is 265 g/mol. The quantitative estimate of drug-likeness (QED) is 0.336. The van der Waals surface area contributed by atoms with E-state index < -0.39 is 11.9 Å². The number of rotatable bonds is 10. The van der Waals surface area contributed by atoms with Crippen molar-refractivity contribution in [3.63, 3.8) is 0 Å². The molecular formula is C12H28NO3P. The van der Waals surface area contributed by atoms with Gasteiger partial charge in [0.25, 0.3) is 0 Å². The zero-order valence-corrected chi connectivity index (χ0v) is 12.7. The predicted molar refractivity (Wildman–Crippen MR) is 75.6 cm³/mol. The van der Waals surface area contributed by atoms with E-state index in [1.165, 1.54) is 0 Å². The second kappa shape index (κ2) is 7.15. The van der Waals surface area contributed by atoms with Gasteiger partial charge in [-0.1, -0.05) is 0 Å². The fraction of sp³-hybridized carbons (Fsp3) is 1.00. The Labute approximate surface area is 105 Å². The molecule has 17 heavy (non-hydrogen) atoms. The summed E-state index contributed by atoms with van der Waals surface area (Å²) in [7, 11) is 0. The predicted octanol–water partition coefficient (Wildman–Crippen LogP) is 4.30. The topological polar surface area (TPSA) is 52.4 Å². The van der Waals surface area contributed by atoms with Crippen molar-refractivity contribution in [2.24, 2.45) is 0 Å². The van der Waals surface area contributed by atoms with Crippen molar-refractivity contribution in [1.82, 2.24) is 0 Å². The summed E-state index contributed by atoms with van der Waals surface area (Å²) in [6.07, 6.45) is 7.72. The summed E-state index contributed by atoms with van der Waals surface area (Å²) in [5.41, 5.74) is 0. The Hall–Kier alpha value is -0.370. The van der Waals surface area contributed by atoms with Crippen LogP contribution in [0.2, 0.25) is 0 Å². The molecule has 104 valence electrons. The van der Waals surface area contributed by atoms with Crippen LogP contribution in [0.4, 0.5) is 0 Å². The van der Waals surface area contributed by atoms with Crippen LogP contribution in [0, 0.1) is 10.1 Å². The van der Waals surface area contributed by atoms with Gasteiger partial charge in [0.1, 0.15) is 0 Å². The van der Waals surface area contributed by atoms with E-state index in [2.05, 4.69) is 27.7 Å². The van der Waals surface area contributed by atoms with E-state index in [0.29, 0.717) is 0 Å². The van der Waals surface area contributed by atoms with Gasteiger partial charge in [-0.05, 0) is 0 Å². The van der Waals surface area contributed by atoms with Gasteiger partial charge in [-0.2, -0.15) is 0 Å². The number of unbranched alkanes of at least 4 members (excludes halogenated alkanes) is 2. The summed E-state index contributed by atoms with van der Waals surface area (Å²) in [4.78, 5) is 10.9. The second-order valence-corrected chi connectivity index (χ2v) is 11.0. The van der Waals surface area contributed by atoms with E-state index >= 15 is 0 Å². The maximum atomic E-state index is 10.9. The van der Waals surface area contributed by atoms with Crippen LogP contribution in [0.15, 0.2) is 0 Å². The molecule has 0 aromatic heterocycles. The number of nitrogens with zero attached hydrogens (tertiary/aromatic N) is 1. The zero-order chi connectivity index (χ0) is 13.4. The van der Waals surface area contributed by atoms with E-state index in [0.717, 1.165) is 50.3 Å². The molecule has 4 nitrogen and oxygen atoms in total. The molecule has 0 radical (unpaired) electrons. The van der Waals surface area contributed by atoms with Crippen molar-refractivity contribution >= 4 is 6.83 Å². The van der Waals surface area contributed by atoms with Gasteiger partial charge in [0, 0.05) is 0 Å². The monoisotopic (exact) mass is 265 g/mol. The first-order chi connectivity index (χ1) is 7.97. The first kappa shape index (κ1) is 16.6. The molecule has 0 aliphatic rings. The average Bonchev–Trinajstić information content (AvgIpc) is 2.33. The first-order valence-electron chi connectivity index (χ1n) is 6.82. The van der Waals surface area contributed by atoms with Gasteiger partial charge in [-0.25, -0.2) is 0 Å². The fourth-order valence-corrected chi connectivity index (χ4v) is 7.41. The molecule has 0 N–H and O–H groups in total. The Kier molecular flexibility index (Phi) is 6.99. The van der Waals surface area contributed by atoms with Crippen LogP contribution in [0.3, 0.4) is 0 Å². The Balaban J connectivity index is 5.09. The van der Waals surface area contributed by atoms with Gasteiger partial charge in [0.15, 0.2) is 0 Å². The molecule has 0 atom stereocenters. The van der Waals surface area contributed by atoms with Gasteiger partial charge in [-0.3, -0.25) is 0 Å². The minimum atomic E-state index is -2.58. The summed E-state index contributed by atoms with van der Waals surface area (Å²) in [5, 5.41) is 10.3. The van der Waals surface area contributed by atoms with Gasteiger partial charge in [0.05, 0.1) is 0 Å². The van der Waals surface area contributed by atoms with Crippen LogP contribution in [-0.4, -0.2) is 29.7 Å². The van der Waals surface area contributed by atoms with Gasteiger partial charge < -0.3 is 0 Å². The van der Waals surface area contributed by atoms with Crippen molar-refractivity contribution in [1.29, 1.82) is 0 Å². The standard InChI is InChI=1S/C12H28NO3P/c1-5-9-11-17(7-3,8-4,12-10-6-2)16-13(14)15/h5-12H2,1-4H3. The molecule has 5 heteroatoms.